The normalized spacial score (nSPS) is 11.8. The van der Waals surface area contributed by atoms with E-state index in [1.807, 2.05) is 13.8 Å². The maximum absolute atomic E-state index is 8.68. The van der Waals surface area contributed by atoms with Gasteiger partial charge in [0.05, 0.1) is 39.6 Å². The van der Waals surface area contributed by atoms with Gasteiger partial charge in [0.25, 0.3) is 0 Å². The zero-order valence-electron chi connectivity index (χ0n) is 10.8. The zero-order chi connectivity index (χ0) is 13.4. The summed E-state index contributed by atoms with van der Waals surface area (Å²) in [7, 11) is 0. The summed E-state index contributed by atoms with van der Waals surface area (Å²) < 4.78 is 14.8. The van der Waals surface area contributed by atoms with E-state index in [0.29, 0.717) is 33.0 Å². The molecule has 0 aliphatic carbocycles. The molecule has 0 radical (unpaired) electrons. The lowest BCUT2D eigenvalue weighted by molar-refractivity contribution is -0.0353. The van der Waals surface area contributed by atoms with Gasteiger partial charge in [-0.25, -0.2) is 0 Å². The molecule has 1 atom stereocenters. The van der Waals surface area contributed by atoms with E-state index in [-0.39, 0.29) is 25.9 Å². The third-order valence-corrected chi connectivity index (χ3v) is 1.59. The van der Waals surface area contributed by atoms with E-state index in [1.54, 1.807) is 0 Å². The SMILES string of the molecule is CCOCC(CO)OCC.OCCOCCO. The summed E-state index contributed by atoms with van der Waals surface area (Å²) in [5, 5.41) is 24.9. The van der Waals surface area contributed by atoms with E-state index in [0.717, 1.165) is 0 Å². The Labute approximate surface area is 103 Å². The van der Waals surface area contributed by atoms with Crippen LogP contribution in [0.25, 0.3) is 0 Å². The van der Waals surface area contributed by atoms with E-state index < -0.39 is 0 Å². The molecule has 0 aliphatic rings. The zero-order valence-corrected chi connectivity index (χ0v) is 10.8. The second-order valence-electron chi connectivity index (χ2n) is 2.98. The van der Waals surface area contributed by atoms with Crippen molar-refractivity contribution in [1.29, 1.82) is 0 Å². The molecular weight excluding hydrogens is 228 g/mol. The lowest BCUT2D eigenvalue weighted by Crippen LogP contribution is -2.23. The van der Waals surface area contributed by atoms with Crippen LogP contribution in [0.4, 0.5) is 0 Å². The van der Waals surface area contributed by atoms with Gasteiger partial charge in [-0.1, -0.05) is 0 Å². The van der Waals surface area contributed by atoms with Crippen LogP contribution in [-0.2, 0) is 14.2 Å². The molecular formula is C11H26O6. The van der Waals surface area contributed by atoms with Gasteiger partial charge in [0, 0.05) is 13.2 Å². The van der Waals surface area contributed by atoms with E-state index >= 15 is 0 Å². The van der Waals surface area contributed by atoms with Gasteiger partial charge >= 0.3 is 0 Å². The van der Waals surface area contributed by atoms with Crippen molar-refractivity contribution < 1.29 is 29.5 Å². The molecule has 0 aliphatic heterocycles. The number of ether oxygens (including phenoxy) is 3. The van der Waals surface area contributed by atoms with Gasteiger partial charge in [-0.3, -0.25) is 0 Å². The molecule has 0 aromatic carbocycles. The summed E-state index contributed by atoms with van der Waals surface area (Å²) >= 11 is 0. The van der Waals surface area contributed by atoms with Crippen molar-refractivity contribution in [2.45, 2.75) is 20.0 Å². The van der Waals surface area contributed by atoms with Crippen LogP contribution in [0.2, 0.25) is 0 Å². The highest BCUT2D eigenvalue weighted by molar-refractivity contribution is 4.51. The fourth-order valence-corrected chi connectivity index (χ4v) is 0.870. The first-order chi connectivity index (χ1) is 8.26. The van der Waals surface area contributed by atoms with Gasteiger partial charge in [-0.15, -0.1) is 0 Å². The van der Waals surface area contributed by atoms with Crippen molar-refractivity contribution in [2.75, 3.05) is 52.9 Å². The van der Waals surface area contributed by atoms with Gasteiger partial charge < -0.3 is 29.5 Å². The molecule has 17 heavy (non-hydrogen) atoms. The minimum absolute atomic E-state index is 0.0278. The molecule has 0 saturated carbocycles. The van der Waals surface area contributed by atoms with Gasteiger partial charge in [0.15, 0.2) is 0 Å². The Kier molecular flexibility index (Phi) is 20.4. The van der Waals surface area contributed by atoms with Gasteiger partial charge in [-0.05, 0) is 13.8 Å². The number of hydrogen-bond donors (Lipinski definition) is 3. The summed E-state index contributed by atoms with van der Waals surface area (Å²) in [4.78, 5) is 0. The average molecular weight is 254 g/mol. The van der Waals surface area contributed by atoms with Gasteiger partial charge in [0.2, 0.25) is 0 Å². The van der Waals surface area contributed by atoms with Crippen molar-refractivity contribution in [3.05, 3.63) is 0 Å². The second kappa shape index (κ2) is 18.1. The fourth-order valence-electron chi connectivity index (χ4n) is 0.870. The molecule has 0 aromatic rings. The highest BCUT2D eigenvalue weighted by Gasteiger charge is 2.04. The quantitative estimate of drug-likeness (QED) is 0.452. The molecule has 0 amide bonds. The summed E-state index contributed by atoms with van der Waals surface area (Å²) in [6, 6.07) is 0. The van der Waals surface area contributed by atoms with E-state index in [1.165, 1.54) is 0 Å². The third-order valence-electron chi connectivity index (χ3n) is 1.59. The number of rotatable bonds is 10. The predicted octanol–water partition coefficient (Wildman–Crippen LogP) is -0.592. The first-order valence-corrected chi connectivity index (χ1v) is 5.86. The maximum Gasteiger partial charge on any atom is 0.104 e. The van der Waals surface area contributed by atoms with Crippen LogP contribution < -0.4 is 0 Å². The molecule has 1 unspecified atom stereocenters. The van der Waals surface area contributed by atoms with Gasteiger partial charge in [-0.2, -0.15) is 0 Å². The second-order valence-corrected chi connectivity index (χ2v) is 2.98. The van der Waals surface area contributed by atoms with Crippen LogP contribution in [0.1, 0.15) is 13.8 Å². The molecule has 0 bridgehead atoms. The Balaban J connectivity index is 0. The largest absolute Gasteiger partial charge is 0.394 e. The molecule has 0 spiro atoms. The van der Waals surface area contributed by atoms with Crippen molar-refractivity contribution in [3.8, 4) is 0 Å². The Bertz CT molecular complexity index is 119. The molecule has 106 valence electrons. The molecule has 0 rings (SSSR count). The van der Waals surface area contributed by atoms with E-state index in [9.17, 15) is 0 Å². The molecule has 0 fully saturated rings. The lowest BCUT2D eigenvalue weighted by Gasteiger charge is -2.12. The average Bonchev–Trinajstić information content (AvgIpc) is 2.36. The molecule has 0 aromatic heterocycles. The standard InChI is InChI=1S/C7H16O3.C4H10O3/c1-3-9-6-7(5-8)10-4-2;5-1-3-7-4-2-6/h7-8H,3-6H2,1-2H3;5-6H,1-4H2. The Morgan fingerprint density at radius 2 is 1.47 bits per heavy atom. The number of aliphatic hydroxyl groups is 3. The fraction of sp³-hybridized carbons (Fsp3) is 1.00. The van der Waals surface area contributed by atoms with Crippen molar-refractivity contribution >= 4 is 0 Å². The van der Waals surface area contributed by atoms with Crippen LogP contribution in [0.15, 0.2) is 0 Å². The van der Waals surface area contributed by atoms with Crippen LogP contribution in [0.5, 0.6) is 0 Å². The van der Waals surface area contributed by atoms with E-state index in [4.69, 9.17) is 24.8 Å². The molecule has 0 heterocycles. The van der Waals surface area contributed by atoms with Crippen LogP contribution in [0.3, 0.4) is 0 Å². The Morgan fingerprint density at radius 1 is 0.882 bits per heavy atom. The summed E-state index contributed by atoms with van der Waals surface area (Å²) in [5.74, 6) is 0. The summed E-state index contributed by atoms with van der Waals surface area (Å²) in [5.41, 5.74) is 0. The van der Waals surface area contributed by atoms with Gasteiger partial charge in [0.1, 0.15) is 6.10 Å². The molecule has 0 saturated heterocycles. The monoisotopic (exact) mass is 254 g/mol. The minimum atomic E-state index is -0.148. The first-order valence-electron chi connectivity index (χ1n) is 5.86. The molecule has 3 N–H and O–H groups in total. The lowest BCUT2D eigenvalue weighted by atomic mass is 10.4. The first kappa shape index (κ1) is 19.1. The minimum Gasteiger partial charge on any atom is -0.394 e. The van der Waals surface area contributed by atoms with Crippen molar-refractivity contribution in [3.63, 3.8) is 0 Å². The van der Waals surface area contributed by atoms with Crippen LogP contribution >= 0.6 is 0 Å². The highest BCUT2D eigenvalue weighted by atomic mass is 16.5. The van der Waals surface area contributed by atoms with Crippen LogP contribution in [-0.4, -0.2) is 74.3 Å². The summed E-state index contributed by atoms with van der Waals surface area (Å²) in [6.45, 7) is 6.33. The van der Waals surface area contributed by atoms with Crippen LogP contribution in [0, 0.1) is 0 Å². The molecule has 6 heteroatoms. The smallest absolute Gasteiger partial charge is 0.104 e. The summed E-state index contributed by atoms with van der Waals surface area (Å²) in [6.07, 6.45) is -0.148. The Hall–Kier alpha value is -0.240. The number of hydrogen-bond acceptors (Lipinski definition) is 6. The third kappa shape index (κ3) is 18.3. The highest BCUT2D eigenvalue weighted by Crippen LogP contribution is 1.91. The topological polar surface area (TPSA) is 88.4 Å². The van der Waals surface area contributed by atoms with E-state index in [2.05, 4.69) is 4.74 Å². The maximum atomic E-state index is 8.68. The van der Waals surface area contributed by atoms with Crippen molar-refractivity contribution in [1.82, 2.24) is 0 Å². The number of aliphatic hydroxyl groups excluding tert-OH is 3. The molecule has 6 nitrogen and oxygen atoms in total. The predicted molar refractivity (Wildman–Crippen MR) is 64.0 cm³/mol. The van der Waals surface area contributed by atoms with Crippen molar-refractivity contribution in [2.24, 2.45) is 0 Å². The Morgan fingerprint density at radius 3 is 1.82 bits per heavy atom.